The van der Waals surface area contributed by atoms with Gasteiger partial charge in [0.15, 0.2) is 17.2 Å². The largest absolute Gasteiger partial charge is 0.503 e. The second-order valence-electron chi connectivity index (χ2n) is 8.74. The van der Waals surface area contributed by atoms with Crippen LogP contribution in [0.5, 0.6) is 34.5 Å². The summed E-state index contributed by atoms with van der Waals surface area (Å²) in [5.74, 6) is -0.200. The first-order valence-electron chi connectivity index (χ1n) is 12.4. The summed E-state index contributed by atoms with van der Waals surface area (Å²) in [7, 11) is 7.54. The number of carbonyl (C=O) groups excluding carboxylic acids is 2. The van der Waals surface area contributed by atoms with E-state index >= 15 is 0 Å². The van der Waals surface area contributed by atoms with Gasteiger partial charge in [-0.05, 0) is 50.2 Å². The predicted octanol–water partition coefficient (Wildman–Crippen LogP) is 3.71. The Labute approximate surface area is 232 Å². The Morgan fingerprint density at radius 2 is 1.30 bits per heavy atom. The maximum atomic E-state index is 13.2. The number of pyridine rings is 1. The van der Waals surface area contributed by atoms with Gasteiger partial charge in [0.05, 0.1) is 41.5 Å². The number of nitrogens with one attached hydrogen (secondary N) is 1. The predicted molar refractivity (Wildman–Crippen MR) is 146 cm³/mol. The summed E-state index contributed by atoms with van der Waals surface area (Å²) < 4.78 is 33.1. The van der Waals surface area contributed by atoms with E-state index in [-0.39, 0.29) is 11.4 Å². The number of carbonyl (C=O) groups is 2. The highest BCUT2D eigenvalue weighted by atomic mass is 16.5. The first kappa shape index (κ1) is 29.9. The molecular formula is C29H34N2O9. The lowest BCUT2D eigenvalue weighted by atomic mass is 9.85. The summed E-state index contributed by atoms with van der Waals surface area (Å²) in [6.45, 7) is 3.20. The summed E-state index contributed by atoms with van der Waals surface area (Å²) in [6, 6.07) is 11.0. The molecule has 0 aliphatic carbocycles. The molecule has 0 saturated heterocycles. The maximum Gasteiger partial charge on any atom is 0.328 e. The van der Waals surface area contributed by atoms with Gasteiger partial charge in [0.1, 0.15) is 35.1 Å². The van der Waals surface area contributed by atoms with Crippen molar-refractivity contribution in [3.63, 3.8) is 0 Å². The van der Waals surface area contributed by atoms with Crippen molar-refractivity contribution in [2.75, 3.05) is 35.5 Å². The second kappa shape index (κ2) is 13.4. The van der Waals surface area contributed by atoms with Gasteiger partial charge >= 0.3 is 5.97 Å². The Balaban J connectivity index is 1.95. The van der Waals surface area contributed by atoms with Crippen LogP contribution in [0.3, 0.4) is 0 Å². The quantitative estimate of drug-likeness (QED) is 0.319. The average molecular weight is 555 g/mol. The SMILES string of the molecule is COc1ccc(OC)c(C(c2cc(OC)ccc2OC)[C@H](C)OC(=O)[C@H](C)NC(=O)c2nccc(OC)c2O)c1. The molecule has 0 fully saturated rings. The van der Waals surface area contributed by atoms with E-state index in [0.29, 0.717) is 34.1 Å². The molecule has 0 unspecified atom stereocenters. The number of aromatic hydroxyl groups is 1. The Morgan fingerprint density at radius 1 is 0.775 bits per heavy atom. The molecule has 1 amide bonds. The summed E-state index contributed by atoms with van der Waals surface area (Å²) in [4.78, 5) is 29.8. The fourth-order valence-corrected chi connectivity index (χ4v) is 4.28. The molecule has 0 aliphatic heterocycles. The number of aromatic nitrogens is 1. The molecule has 2 N–H and O–H groups in total. The molecule has 0 aliphatic rings. The standard InChI is InChI=1S/C29H34N2O9/c1-16(31-28(33)26-27(32)24(39-7)12-13-30-26)29(34)40-17(2)25(20-14-18(35-3)8-10-22(20)37-5)21-15-19(36-4)9-11-23(21)38-6/h8-17,25,32H,1-7H3,(H,31,33)/t16-,17-/m0/s1. The van der Waals surface area contributed by atoms with E-state index in [0.717, 1.165) is 0 Å². The highest BCUT2D eigenvalue weighted by Crippen LogP contribution is 2.42. The number of ether oxygens (including phenoxy) is 6. The van der Waals surface area contributed by atoms with Crippen LogP contribution in [0.1, 0.15) is 41.4 Å². The van der Waals surface area contributed by atoms with Gasteiger partial charge in [-0.25, -0.2) is 9.78 Å². The molecule has 2 aromatic carbocycles. The normalized spacial score (nSPS) is 12.2. The Kier molecular flexibility index (Phi) is 10.0. The number of hydrogen-bond donors (Lipinski definition) is 2. The van der Waals surface area contributed by atoms with E-state index in [1.54, 1.807) is 71.8 Å². The van der Waals surface area contributed by atoms with Gasteiger partial charge in [-0.2, -0.15) is 0 Å². The van der Waals surface area contributed by atoms with Gasteiger partial charge in [0.25, 0.3) is 5.91 Å². The van der Waals surface area contributed by atoms with E-state index in [2.05, 4.69) is 10.3 Å². The summed E-state index contributed by atoms with van der Waals surface area (Å²) in [5, 5.41) is 12.8. The van der Waals surface area contributed by atoms with Crippen LogP contribution in [-0.2, 0) is 9.53 Å². The van der Waals surface area contributed by atoms with Crippen LogP contribution >= 0.6 is 0 Å². The monoisotopic (exact) mass is 554 g/mol. The van der Waals surface area contributed by atoms with E-state index in [4.69, 9.17) is 28.4 Å². The van der Waals surface area contributed by atoms with Crippen LogP contribution in [0.25, 0.3) is 0 Å². The molecule has 11 heteroatoms. The zero-order chi connectivity index (χ0) is 29.4. The van der Waals surface area contributed by atoms with Crippen LogP contribution in [-0.4, -0.2) is 69.7 Å². The third kappa shape index (κ3) is 6.48. The van der Waals surface area contributed by atoms with E-state index < -0.39 is 35.7 Å². The molecule has 0 radical (unpaired) electrons. The van der Waals surface area contributed by atoms with E-state index in [1.807, 2.05) is 0 Å². The molecule has 0 spiro atoms. The van der Waals surface area contributed by atoms with Gasteiger partial charge < -0.3 is 38.8 Å². The Bertz CT molecular complexity index is 1290. The lowest BCUT2D eigenvalue weighted by molar-refractivity contribution is -0.150. The van der Waals surface area contributed by atoms with Crippen LogP contribution in [0.4, 0.5) is 0 Å². The van der Waals surface area contributed by atoms with Crippen LogP contribution < -0.4 is 29.0 Å². The van der Waals surface area contributed by atoms with Crippen molar-refractivity contribution in [1.82, 2.24) is 10.3 Å². The number of esters is 1. The molecule has 214 valence electrons. The van der Waals surface area contributed by atoms with E-state index in [9.17, 15) is 14.7 Å². The van der Waals surface area contributed by atoms with Gasteiger partial charge in [0, 0.05) is 23.4 Å². The lowest BCUT2D eigenvalue weighted by Gasteiger charge is -2.29. The number of hydrogen-bond acceptors (Lipinski definition) is 10. The molecule has 3 aromatic rings. The number of amides is 1. The fourth-order valence-electron chi connectivity index (χ4n) is 4.28. The van der Waals surface area contributed by atoms with Crippen molar-refractivity contribution in [3.05, 3.63) is 65.5 Å². The smallest absolute Gasteiger partial charge is 0.328 e. The molecule has 2 atom stereocenters. The van der Waals surface area contributed by atoms with E-state index in [1.165, 1.54) is 26.3 Å². The number of nitrogens with zero attached hydrogens (tertiary/aromatic N) is 1. The topological polar surface area (TPSA) is 135 Å². The highest BCUT2D eigenvalue weighted by Gasteiger charge is 2.32. The number of methoxy groups -OCH3 is 5. The first-order chi connectivity index (χ1) is 19.2. The zero-order valence-electron chi connectivity index (χ0n) is 23.5. The van der Waals surface area contributed by atoms with Crippen molar-refractivity contribution in [2.45, 2.75) is 31.9 Å². The van der Waals surface area contributed by atoms with Crippen molar-refractivity contribution in [3.8, 4) is 34.5 Å². The van der Waals surface area contributed by atoms with Crippen molar-refractivity contribution < 1.29 is 43.1 Å². The molecule has 3 rings (SSSR count). The molecule has 1 aromatic heterocycles. The molecule has 11 nitrogen and oxygen atoms in total. The molecular weight excluding hydrogens is 520 g/mol. The van der Waals surface area contributed by atoms with Gasteiger partial charge in [-0.15, -0.1) is 0 Å². The van der Waals surface area contributed by atoms with Crippen molar-refractivity contribution in [1.29, 1.82) is 0 Å². The minimum atomic E-state index is -1.08. The summed E-state index contributed by atoms with van der Waals surface area (Å²) in [6.07, 6.45) is 0.531. The molecule has 0 bridgehead atoms. The van der Waals surface area contributed by atoms with Crippen molar-refractivity contribution >= 4 is 11.9 Å². The van der Waals surface area contributed by atoms with Crippen LogP contribution in [0.15, 0.2) is 48.7 Å². The Morgan fingerprint density at radius 3 is 1.77 bits per heavy atom. The van der Waals surface area contributed by atoms with Gasteiger partial charge in [-0.1, -0.05) is 0 Å². The Hall–Kier alpha value is -4.67. The highest BCUT2D eigenvalue weighted by molar-refractivity contribution is 5.97. The first-order valence-corrected chi connectivity index (χ1v) is 12.4. The number of benzene rings is 2. The minimum Gasteiger partial charge on any atom is -0.503 e. The third-order valence-electron chi connectivity index (χ3n) is 6.34. The summed E-state index contributed by atoms with van der Waals surface area (Å²) >= 11 is 0. The average Bonchev–Trinajstić information content (AvgIpc) is 2.96. The van der Waals surface area contributed by atoms with Gasteiger partial charge in [0.2, 0.25) is 0 Å². The molecule has 0 saturated carbocycles. The summed E-state index contributed by atoms with van der Waals surface area (Å²) in [5.41, 5.74) is 1.07. The van der Waals surface area contributed by atoms with Gasteiger partial charge in [-0.3, -0.25) is 4.79 Å². The third-order valence-corrected chi connectivity index (χ3v) is 6.34. The number of rotatable bonds is 12. The minimum absolute atomic E-state index is 0.0753. The fraction of sp³-hybridized carbons (Fsp3) is 0.345. The molecule has 1 heterocycles. The second-order valence-corrected chi connectivity index (χ2v) is 8.74. The zero-order valence-corrected chi connectivity index (χ0v) is 23.5. The van der Waals surface area contributed by atoms with Crippen molar-refractivity contribution in [2.24, 2.45) is 0 Å². The van der Waals surface area contributed by atoms with Crippen LogP contribution in [0.2, 0.25) is 0 Å². The maximum absolute atomic E-state index is 13.2. The lowest BCUT2D eigenvalue weighted by Crippen LogP contribution is -2.41. The van der Waals surface area contributed by atoms with Crippen LogP contribution in [0, 0.1) is 0 Å². The molecule has 40 heavy (non-hydrogen) atoms.